The fourth-order valence-corrected chi connectivity index (χ4v) is 5.13. The molecule has 1 aromatic heterocycles. The molecule has 1 aliphatic carbocycles. The number of nitrogens with one attached hydrogen (secondary N) is 1. The number of rotatable bonds is 8. The molecule has 1 amide bonds. The fourth-order valence-electron chi connectivity index (χ4n) is 3.93. The first-order chi connectivity index (χ1) is 16.6. The van der Waals surface area contributed by atoms with Crippen molar-refractivity contribution in [2.24, 2.45) is 10.1 Å². The second kappa shape index (κ2) is 11.8. The Hall–Kier alpha value is -3.19. The fraction of sp³-hybridized carbons (Fsp3) is 0.370. The number of hydrogen-bond acceptors (Lipinski definition) is 5. The Morgan fingerprint density at radius 3 is 2.62 bits per heavy atom. The third-order valence-electron chi connectivity index (χ3n) is 5.86. The minimum atomic E-state index is -0.517. The monoisotopic (exact) mass is 476 g/mol. The Morgan fingerprint density at radius 1 is 1.09 bits per heavy atom. The molecule has 6 nitrogen and oxygen atoms in total. The first kappa shape index (κ1) is 24.0. The number of thiazole rings is 1. The van der Waals surface area contributed by atoms with Gasteiger partial charge in [-0.15, -0.1) is 16.3 Å². The summed E-state index contributed by atoms with van der Waals surface area (Å²) in [6, 6.07) is 18.3. The molecule has 0 spiro atoms. The molecule has 0 fully saturated rings. The molecule has 34 heavy (non-hydrogen) atoms. The average molecular weight is 477 g/mol. The number of nitrogens with zero attached hydrogens (tertiary/aromatic N) is 3. The van der Waals surface area contributed by atoms with E-state index < -0.39 is 6.09 Å². The number of anilines is 1. The van der Waals surface area contributed by atoms with Crippen molar-refractivity contribution in [3.8, 4) is 0 Å². The SMILES string of the molecule is CCCCOC(=O)/N=c1\sc2c(n1C/C(=N\Nc1ccccc1)c1ccc(C)cc1)CCCC2. The highest BCUT2D eigenvalue weighted by Gasteiger charge is 2.20. The molecule has 0 saturated heterocycles. The van der Waals surface area contributed by atoms with E-state index in [4.69, 9.17) is 9.84 Å². The number of aromatic nitrogens is 1. The van der Waals surface area contributed by atoms with Crippen molar-refractivity contribution in [3.05, 3.63) is 81.1 Å². The second-order valence-corrected chi connectivity index (χ2v) is 9.59. The van der Waals surface area contributed by atoms with E-state index in [1.54, 1.807) is 11.3 Å². The number of carbonyl (C=O) groups excluding carboxylic acids is 1. The number of carbonyl (C=O) groups is 1. The van der Waals surface area contributed by atoms with Gasteiger partial charge in [0.1, 0.15) is 0 Å². The number of hydrazone groups is 1. The number of amides is 1. The van der Waals surface area contributed by atoms with Crippen molar-refractivity contribution in [3.63, 3.8) is 0 Å². The molecular weight excluding hydrogens is 444 g/mol. The Bertz CT molecular complexity index is 1190. The van der Waals surface area contributed by atoms with Gasteiger partial charge in [-0.2, -0.15) is 5.10 Å². The van der Waals surface area contributed by atoms with Crippen LogP contribution in [0.3, 0.4) is 0 Å². The summed E-state index contributed by atoms with van der Waals surface area (Å²) in [7, 11) is 0. The van der Waals surface area contributed by atoms with E-state index in [1.165, 1.54) is 22.6 Å². The van der Waals surface area contributed by atoms with E-state index in [9.17, 15) is 4.79 Å². The van der Waals surface area contributed by atoms with E-state index >= 15 is 0 Å². The van der Waals surface area contributed by atoms with E-state index in [0.29, 0.717) is 18.0 Å². The molecule has 3 aromatic rings. The zero-order valence-electron chi connectivity index (χ0n) is 19.9. The van der Waals surface area contributed by atoms with Gasteiger partial charge in [0.2, 0.25) is 0 Å². The topological polar surface area (TPSA) is 68.0 Å². The molecule has 0 aliphatic heterocycles. The summed E-state index contributed by atoms with van der Waals surface area (Å²) in [6.07, 6.45) is 5.63. The molecule has 2 aromatic carbocycles. The van der Waals surface area contributed by atoms with Crippen LogP contribution in [0.2, 0.25) is 0 Å². The molecule has 1 heterocycles. The minimum absolute atomic E-state index is 0.404. The molecule has 1 aliphatic rings. The lowest BCUT2D eigenvalue weighted by Gasteiger charge is -2.16. The van der Waals surface area contributed by atoms with Crippen LogP contribution in [0.25, 0.3) is 0 Å². The van der Waals surface area contributed by atoms with Crippen LogP contribution in [-0.2, 0) is 24.1 Å². The van der Waals surface area contributed by atoms with Gasteiger partial charge in [-0.3, -0.25) is 5.43 Å². The first-order valence-electron chi connectivity index (χ1n) is 12.0. The number of para-hydroxylation sites is 1. The van der Waals surface area contributed by atoms with Crippen molar-refractivity contribution < 1.29 is 9.53 Å². The lowest BCUT2D eigenvalue weighted by Crippen LogP contribution is -2.25. The van der Waals surface area contributed by atoms with Crippen molar-refractivity contribution >= 4 is 28.8 Å². The summed E-state index contributed by atoms with van der Waals surface area (Å²) in [5, 5.41) is 4.79. The maximum atomic E-state index is 12.4. The summed E-state index contributed by atoms with van der Waals surface area (Å²) in [4.78, 5) is 18.8. The smallest absolute Gasteiger partial charge is 0.436 e. The van der Waals surface area contributed by atoms with E-state index in [0.717, 1.165) is 49.1 Å². The number of aryl methyl sites for hydroxylation is 2. The molecule has 0 bridgehead atoms. The molecule has 1 N–H and O–H groups in total. The molecule has 7 heteroatoms. The highest BCUT2D eigenvalue weighted by Crippen LogP contribution is 2.24. The van der Waals surface area contributed by atoms with Crippen molar-refractivity contribution in [2.75, 3.05) is 12.0 Å². The highest BCUT2D eigenvalue weighted by atomic mass is 32.1. The summed E-state index contributed by atoms with van der Waals surface area (Å²) < 4.78 is 7.49. The molecule has 0 unspecified atom stereocenters. The predicted octanol–water partition coefficient (Wildman–Crippen LogP) is 6.09. The normalized spacial score (nSPS) is 14.1. The van der Waals surface area contributed by atoms with Crippen LogP contribution in [0.4, 0.5) is 10.5 Å². The van der Waals surface area contributed by atoms with E-state index in [1.807, 2.05) is 30.3 Å². The lowest BCUT2D eigenvalue weighted by molar-refractivity contribution is 0.154. The zero-order valence-corrected chi connectivity index (χ0v) is 20.7. The lowest BCUT2D eigenvalue weighted by atomic mass is 10.0. The van der Waals surface area contributed by atoms with Crippen LogP contribution in [0.15, 0.2) is 64.7 Å². The molecule has 4 rings (SSSR count). The number of unbranched alkanes of at least 4 members (excludes halogenated alkanes) is 1. The summed E-state index contributed by atoms with van der Waals surface area (Å²) in [6.45, 7) is 5.08. The number of ether oxygens (including phenoxy) is 1. The van der Waals surface area contributed by atoms with Crippen molar-refractivity contribution in [1.82, 2.24) is 4.57 Å². The summed E-state index contributed by atoms with van der Waals surface area (Å²) in [5.74, 6) is 0. The Labute approximate surface area is 205 Å². The van der Waals surface area contributed by atoms with Crippen LogP contribution in [-0.4, -0.2) is 23.0 Å². The predicted molar refractivity (Wildman–Crippen MR) is 139 cm³/mol. The Kier molecular flexibility index (Phi) is 8.31. The Balaban J connectivity index is 1.70. The summed E-state index contributed by atoms with van der Waals surface area (Å²) in [5.41, 5.74) is 8.51. The van der Waals surface area contributed by atoms with Crippen molar-refractivity contribution in [1.29, 1.82) is 0 Å². The number of benzene rings is 2. The van der Waals surface area contributed by atoms with Crippen molar-refractivity contribution in [2.45, 2.75) is 58.9 Å². The third-order valence-corrected chi connectivity index (χ3v) is 7.04. The molecular formula is C27H32N4O2S. The second-order valence-electron chi connectivity index (χ2n) is 8.53. The standard InChI is InChI=1S/C27H32N4O2S/c1-3-4-18-33-27(32)28-26-31(24-12-8-9-13-25(24)34-26)19-23(21-16-14-20(2)15-17-21)30-29-22-10-6-5-7-11-22/h5-7,10-11,14-17,29H,3-4,8-9,12-13,18-19H2,1-2H3/b28-26-,30-23+. The molecule has 178 valence electrons. The molecule has 0 atom stereocenters. The van der Waals surface area contributed by atoms with Gasteiger partial charge >= 0.3 is 6.09 Å². The maximum absolute atomic E-state index is 12.4. The maximum Gasteiger partial charge on any atom is 0.436 e. The molecule has 0 saturated carbocycles. The average Bonchev–Trinajstić information content (AvgIpc) is 3.19. The van der Waals surface area contributed by atoms with Crippen LogP contribution in [0.5, 0.6) is 0 Å². The van der Waals surface area contributed by atoms with Gasteiger partial charge in [-0.1, -0.05) is 61.4 Å². The number of hydrogen-bond donors (Lipinski definition) is 1. The van der Waals surface area contributed by atoms with E-state index in [2.05, 4.69) is 53.1 Å². The molecule has 0 radical (unpaired) electrons. The van der Waals surface area contributed by atoms with Gasteiger partial charge in [0.05, 0.1) is 24.6 Å². The Morgan fingerprint density at radius 2 is 1.85 bits per heavy atom. The minimum Gasteiger partial charge on any atom is -0.448 e. The van der Waals surface area contributed by atoms with Crippen LogP contribution < -0.4 is 10.2 Å². The summed E-state index contributed by atoms with van der Waals surface area (Å²) >= 11 is 1.60. The van der Waals surface area contributed by atoms with Gasteiger partial charge in [-0.05, 0) is 56.7 Å². The van der Waals surface area contributed by atoms with Gasteiger partial charge in [0, 0.05) is 10.6 Å². The van der Waals surface area contributed by atoms with E-state index in [-0.39, 0.29) is 0 Å². The van der Waals surface area contributed by atoms with Crippen LogP contribution >= 0.6 is 11.3 Å². The highest BCUT2D eigenvalue weighted by molar-refractivity contribution is 7.09. The van der Waals surface area contributed by atoms with Crippen LogP contribution in [0, 0.1) is 6.92 Å². The van der Waals surface area contributed by atoms with Crippen LogP contribution in [0.1, 0.15) is 54.3 Å². The van der Waals surface area contributed by atoms with Gasteiger partial charge in [0.15, 0.2) is 4.80 Å². The van der Waals surface area contributed by atoms with Gasteiger partial charge < -0.3 is 9.30 Å². The largest absolute Gasteiger partial charge is 0.448 e. The third kappa shape index (κ3) is 6.23. The van der Waals surface area contributed by atoms with Gasteiger partial charge in [-0.25, -0.2) is 4.79 Å². The zero-order chi connectivity index (χ0) is 23.8. The number of fused-ring (bicyclic) bond motifs is 1. The van der Waals surface area contributed by atoms with Gasteiger partial charge in [0.25, 0.3) is 0 Å². The first-order valence-corrected chi connectivity index (χ1v) is 12.8. The quantitative estimate of drug-likeness (QED) is 0.243.